The van der Waals surface area contributed by atoms with Crippen LogP contribution in [0.1, 0.15) is 11.1 Å². The summed E-state index contributed by atoms with van der Waals surface area (Å²) in [6, 6.07) is 13.7. The molecular formula is C16H16N2O3. The Morgan fingerprint density at radius 1 is 1.10 bits per heavy atom. The Morgan fingerprint density at radius 2 is 1.81 bits per heavy atom. The molecular weight excluding hydrogens is 268 g/mol. The number of carbonyl (C=O) groups excluding carboxylic acids is 1. The summed E-state index contributed by atoms with van der Waals surface area (Å²) in [7, 11) is 0. The van der Waals surface area contributed by atoms with E-state index in [1.807, 2.05) is 30.3 Å². The number of nitrogens with one attached hydrogen (secondary N) is 1. The van der Waals surface area contributed by atoms with Gasteiger partial charge in [-0.2, -0.15) is 0 Å². The van der Waals surface area contributed by atoms with E-state index in [1.165, 1.54) is 18.2 Å². The Kier molecular flexibility index (Phi) is 4.46. The van der Waals surface area contributed by atoms with Gasteiger partial charge in [-0.25, -0.2) is 0 Å². The molecule has 0 saturated heterocycles. The molecule has 5 N–H and O–H groups in total. The lowest BCUT2D eigenvalue weighted by molar-refractivity contribution is -0.117. The highest BCUT2D eigenvalue weighted by atomic mass is 16.3. The molecule has 0 saturated carbocycles. The SMILES string of the molecule is N/C(=C\c1ccc(O)c(O)c1)C(=O)NCc1ccccc1. The zero-order chi connectivity index (χ0) is 15.2. The minimum Gasteiger partial charge on any atom is -0.504 e. The molecule has 2 rings (SSSR count). The Hall–Kier alpha value is -2.95. The van der Waals surface area contributed by atoms with E-state index >= 15 is 0 Å². The third-order valence-corrected chi connectivity index (χ3v) is 2.88. The fourth-order valence-corrected chi connectivity index (χ4v) is 1.76. The zero-order valence-electron chi connectivity index (χ0n) is 11.3. The maximum absolute atomic E-state index is 11.9. The molecule has 0 bridgehead atoms. The van der Waals surface area contributed by atoms with Crippen molar-refractivity contribution < 1.29 is 15.0 Å². The van der Waals surface area contributed by atoms with Gasteiger partial charge in [0, 0.05) is 6.54 Å². The zero-order valence-corrected chi connectivity index (χ0v) is 11.3. The van der Waals surface area contributed by atoms with Gasteiger partial charge in [-0.1, -0.05) is 36.4 Å². The number of aromatic hydroxyl groups is 2. The highest BCUT2D eigenvalue weighted by Crippen LogP contribution is 2.25. The molecule has 0 heterocycles. The molecule has 0 spiro atoms. The predicted octanol–water partition coefficient (Wildman–Crippen LogP) is 1.71. The first-order valence-electron chi connectivity index (χ1n) is 6.37. The smallest absolute Gasteiger partial charge is 0.267 e. The average molecular weight is 284 g/mol. The summed E-state index contributed by atoms with van der Waals surface area (Å²) in [5.74, 6) is -0.882. The van der Waals surface area contributed by atoms with Gasteiger partial charge in [0.25, 0.3) is 5.91 Å². The fraction of sp³-hybridized carbons (Fsp3) is 0.0625. The van der Waals surface area contributed by atoms with Crippen molar-refractivity contribution in [2.75, 3.05) is 0 Å². The molecule has 2 aromatic carbocycles. The van der Waals surface area contributed by atoms with E-state index in [0.717, 1.165) is 5.56 Å². The summed E-state index contributed by atoms with van der Waals surface area (Å²) in [6.45, 7) is 0.384. The van der Waals surface area contributed by atoms with Gasteiger partial charge in [-0.15, -0.1) is 0 Å². The third-order valence-electron chi connectivity index (χ3n) is 2.88. The molecule has 0 aliphatic heterocycles. The minimum atomic E-state index is -0.397. The molecule has 0 radical (unpaired) electrons. The normalized spacial score (nSPS) is 11.1. The molecule has 0 aromatic heterocycles. The summed E-state index contributed by atoms with van der Waals surface area (Å²) >= 11 is 0. The molecule has 2 aromatic rings. The summed E-state index contributed by atoms with van der Waals surface area (Å²) < 4.78 is 0. The number of nitrogens with two attached hydrogens (primary N) is 1. The average Bonchev–Trinajstić information content (AvgIpc) is 2.49. The molecule has 1 amide bonds. The molecule has 5 heteroatoms. The number of carbonyl (C=O) groups is 1. The number of rotatable bonds is 4. The van der Waals surface area contributed by atoms with Crippen LogP contribution >= 0.6 is 0 Å². The summed E-state index contributed by atoms with van der Waals surface area (Å²) in [5.41, 5.74) is 7.23. The quantitative estimate of drug-likeness (QED) is 0.508. The van der Waals surface area contributed by atoms with Crippen LogP contribution in [0.15, 0.2) is 54.2 Å². The first kappa shape index (κ1) is 14.5. The van der Waals surface area contributed by atoms with Crippen molar-refractivity contribution >= 4 is 12.0 Å². The molecule has 21 heavy (non-hydrogen) atoms. The van der Waals surface area contributed by atoms with Crippen molar-refractivity contribution in [1.82, 2.24) is 5.32 Å². The van der Waals surface area contributed by atoms with Gasteiger partial charge in [0.2, 0.25) is 0 Å². The maximum atomic E-state index is 11.9. The lowest BCUT2D eigenvalue weighted by Gasteiger charge is -2.06. The van der Waals surface area contributed by atoms with Crippen LogP contribution in [-0.2, 0) is 11.3 Å². The van der Waals surface area contributed by atoms with E-state index in [0.29, 0.717) is 12.1 Å². The first-order valence-corrected chi connectivity index (χ1v) is 6.37. The topological polar surface area (TPSA) is 95.6 Å². The van der Waals surface area contributed by atoms with Crippen molar-refractivity contribution in [2.24, 2.45) is 5.73 Å². The molecule has 0 aliphatic carbocycles. The third kappa shape index (κ3) is 4.01. The van der Waals surface area contributed by atoms with Gasteiger partial charge in [0.15, 0.2) is 11.5 Å². The van der Waals surface area contributed by atoms with E-state index in [4.69, 9.17) is 5.73 Å². The number of benzene rings is 2. The standard InChI is InChI=1S/C16H16N2O3/c17-13(8-12-6-7-14(19)15(20)9-12)16(21)18-10-11-4-2-1-3-5-11/h1-9,19-20H,10,17H2,(H,18,21)/b13-8-. The molecule has 108 valence electrons. The Balaban J connectivity index is 2.01. The Bertz CT molecular complexity index is 666. The Labute approximate surface area is 122 Å². The maximum Gasteiger partial charge on any atom is 0.267 e. The second-order valence-electron chi connectivity index (χ2n) is 4.52. The monoisotopic (exact) mass is 284 g/mol. The predicted molar refractivity (Wildman–Crippen MR) is 80.2 cm³/mol. The number of phenols is 2. The lowest BCUT2D eigenvalue weighted by atomic mass is 10.1. The van der Waals surface area contributed by atoms with E-state index in [9.17, 15) is 15.0 Å². The van der Waals surface area contributed by atoms with Gasteiger partial charge in [0.1, 0.15) is 0 Å². The molecule has 0 atom stereocenters. The van der Waals surface area contributed by atoms with Crippen LogP contribution in [0.5, 0.6) is 11.5 Å². The number of phenolic OH excluding ortho intramolecular Hbond substituents is 2. The van der Waals surface area contributed by atoms with Crippen molar-refractivity contribution in [3.8, 4) is 11.5 Å². The van der Waals surface area contributed by atoms with Crippen LogP contribution in [0, 0.1) is 0 Å². The van der Waals surface area contributed by atoms with Crippen LogP contribution in [0.2, 0.25) is 0 Å². The highest BCUT2D eigenvalue weighted by molar-refractivity contribution is 5.96. The van der Waals surface area contributed by atoms with E-state index < -0.39 is 5.91 Å². The van der Waals surface area contributed by atoms with Crippen molar-refractivity contribution in [2.45, 2.75) is 6.54 Å². The number of hydrogen-bond donors (Lipinski definition) is 4. The highest BCUT2D eigenvalue weighted by Gasteiger charge is 2.06. The summed E-state index contributed by atoms with van der Waals surface area (Å²) in [5, 5.41) is 21.3. The van der Waals surface area contributed by atoms with Crippen LogP contribution in [0.25, 0.3) is 6.08 Å². The summed E-state index contributed by atoms with van der Waals surface area (Å²) in [4.78, 5) is 11.9. The van der Waals surface area contributed by atoms with Crippen LogP contribution in [0.4, 0.5) is 0 Å². The van der Waals surface area contributed by atoms with Gasteiger partial charge in [-0.3, -0.25) is 4.79 Å². The lowest BCUT2D eigenvalue weighted by Crippen LogP contribution is -2.27. The van der Waals surface area contributed by atoms with Crippen molar-refractivity contribution in [3.05, 3.63) is 65.4 Å². The minimum absolute atomic E-state index is 0.0241. The fourth-order valence-electron chi connectivity index (χ4n) is 1.76. The van der Waals surface area contributed by atoms with E-state index in [-0.39, 0.29) is 17.2 Å². The van der Waals surface area contributed by atoms with E-state index in [2.05, 4.69) is 5.32 Å². The van der Waals surface area contributed by atoms with Crippen molar-refractivity contribution in [1.29, 1.82) is 0 Å². The second kappa shape index (κ2) is 6.47. The van der Waals surface area contributed by atoms with Gasteiger partial charge in [0.05, 0.1) is 5.70 Å². The second-order valence-corrected chi connectivity index (χ2v) is 4.52. The van der Waals surface area contributed by atoms with Crippen LogP contribution in [0.3, 0.4) is 0 Å². The van der Waals surface area contributed by atoms with Gasteiger partial charge < -0.3 is 21.3 Å². The van der Waals surface area contributed by atoms with Gasteiger partial charge in [-0.05, 0) is 29.3 Å². The largest absolute Gasteiger partial charge is 0.504 e. The molecule has 0 aliphatic rings. The molecule has 5 nitrogen and oxygen atoms in total. The first-order chi connectivity index (χ1) is 10.1. The number of amides is 1. The van der Waals surface area contributed by atoms with Crippen LogP contribution in [-0.4, -0.2) is 16.1 Å². The summed E-state index contributed by atoms with van der Waals surface area (Å²) in [6.07, 6.45) is 1.43. The molecule has 0 fully saturated rings. The molecule has 0 unspecified atom stereocenters. The number of hydrogen-bond acceptors (Lipinski definition) is 4. The Morgan fingerprint density at radius 3 is 2.48 bits per heavy atom. The van der Waals surface area contributed by atoms with Crippen molar-refractivity contribution in [3.63, 3.8) is 0 Å². The van der Waals surface area contributed by atoms with E-state index in [1.54, 1.807) is 6.07 Å². The van der Waals surface area contributed by atoms with Gasteiger partial charge >= 0.3 is 0 Å². The van der Waals surface area contributed by atoms with Crippen LogP contribution < -0.4 is 11.1 Å².